The Morgan fingerprint density at radius 3 is 2.14 bits per heavy atom. The summed E-state index contributed by atoms with van der Waals surface area (Å²) < 4.78 is 10.2. The topological polar surface area (TPSA) is 52.6 Å². The number of hydrogen-bond acceptors (Lipinski definition) is 4. The van der Waals surface area contributed by atoms with Gasteiger partial charge in [0.2, 0.25) is 0 Å². The molecule has 0 amide bonds. The highest BCUT2D eigenvalue weighted by molar-refractivity contribution is 5.89. The van der Waals surface area contributed by atoms with Gasteiger partial charge in [0.1, 0.15) is 0 Å². The van der Waals surface area contributed by atoms with Crippen LogP contribution in [-0.4, -0.2) is 18.5 Å². The van der Waals surface area contributed by atoms with Crippen molar-refractivity contribution >= 4 is 11.9 Å². The number of rotatable bonds is 5. The summed E-state index contributed by atoms with van der Waals surface area (Å²) in [5.74, 6) is -1.04. The van der Waals surface area contributed by atoms with E-state index >= 15 is 0 Å². The van der Waals surface area contributed by atoms with Gasteiger partial charge in [-0.15, -0.1) is 0 Å². The minimum atomic E-state index is -0.828. The van der Waals surface area contributed by atoms with E-state index in [9.17, 15) is 9.59 Å². The largest absolute Gasteiger partial charge is 0.463 e. The van der Waals surface area contributed by atoms with E-state index in [1.807, 2.05) is 24.3 Å². The summed E-state index contributed by atoms with van der Waals surface area (Å²) in [5.41, 5.74) is 1.98. The summed E-state index contributed by atoms with van der Waals surface area (Å²) >= 11 is 0. The van der Waals surface area contributed by atoms with Gasteiger partial charge in [0.15, 0.2) is 6.10 Å². The molecule has 0 aliphatic heterocycles. The van der Waals surface area contributed by atoms with E-state index in [-0.39, 0.29) is 17.6 Å². The molecule has 0 saturated heterocycles. The van der Waals surface area contributed by atoms with Crippen LogP contribution in [0.4, 0.5) is 0 Å². The van der Waals surface area contributed by atoms with Crippen molar-refractivity contribution in [3.05, 3.63) is 47.5 Å². The van der Waals surface area contributed by atoms with Crippen LogP contribution in [0.15, 0.2) is 36.4 Å². The Morgan fingerprint density at radius 1 is 1.18 bits per heavy atom. The van der Waals surface area contributed by atoms with Crippen molar-refractivity contribution < 1.29 is 19.1 Å². The molecule has 0 aliphatic rings. The predicted octanol–water partition coefficient (Wildman–Crippen LogP) is 3.71. The molecule has 1 atom stereocenters. The molecular formula is C18H24O4. The Kier molecular flexibility index (Phi) is 5.92. The van der Waals surface area contributed by atoms with Gasteiger partial charge in [-0.05, 0) is 23.5 Å². The van der Waals surface area contributed by atoms with Crippen LogP contribution in [0.1, 0.15) is 51.8 Å². The highest BCUT2D eigenvalue weighted by atomic mass is 16.6. The number of carbonyl (C=O) groups excluding carboxylic acids is 2. The molecule has 0 heterocycles. The molecule has 0 saturated carbocycles. The predicted molar refractivity (Wildman–Crippen MR) is 85.4 cm³/mol. The lowest BCUT2D eigenvalue weighted by molar-refractivity contribution is -0.147. The number of esters is 2. The fraction of sp³-hybridized carbons (Fsp3) is 0.444. The Morgan fingerprint density at radius 2 is 1.73 bits per heavy atom. The van der Waals surface area contributed by atoms with E-state index in [1.54, 1.807) is 6.92 Å². The van der Waals surface area contributed by atoms with Gasteiger partial charge in [-0.25, -0.2) is 4.79 Å². The van der Waals surface area contributed by atoms with Gasteiger partial charge in [0.05, 0.1) is 12.2 Å². The first-order valence-corrected chi connectivity index (χ1v) is 7.30. The van der Waals surface area contributed by atoms with Crippen LogP contribution in [0.3, 0.4) is 0 Å². The minimum Gasteiger partial charge on any atom is -0.463 e. The van der Waals surface area contributed by atoms with Crippen molar-refractivity contribution in [1.29, 1.82) is 0 Å². The van der Waals surface area contributed by atoms with Gasteiger partial charge in [-0.2, -0.15) is 0 Å². The van der Waals surface area contributed by atoms with Gasteiger partial charge in [0, 0.05) is 6.92 Å². The van der Waals surface area contributed by atoms with Gasteiger partial charge >= 0.3 is 11.9 Å². The van der Waals surface area contributed by atoms with Crippen molar-refractivity contribution in [2.24, 2.45) is 0 Å². The van der Waals surface area contributed by atoms with Crippen molar-refractivity contribution in [3.63, 3.8) is 0 Å². The summed E-state index contributed by atoms with van der Waals surface area (Å²) in [5, 5.41) is 0. The fourth-order valence-electron chi connectivity index (χ4n) is 2.00. The molecule has 120 valence electrons. The molecule has 0 N–H and O–H groups in total. The highest BCUT2D eigenvalue weighted by Gasteiger charge is 2.25. The van der Waals surface area contributed by atoms with Crippen molar-refractivity contribution in [1.82, 2.24) is 0 Å². The van der Waals surface area contributed by atoms with E-state index < -0.39 is 18.0 Å². The molecule has 0 fully saturated rings. The maximum absolute atomic E-state index is 11.9. The molecule has 1 aromatic rings. The molecule has 0 radical (unpaired) electrons. The quantitative estimate of drug-likeness (QED) is 0.614. The van der Waals surface area contributed by atoms with E-state index in [2.05, 4.69) is 27.4 Å². The molecule has 0 spiro atoms. The Bertz CT molecular complexity index is 549. The van der Waals surface area contributed by atoms with Crippen molar-refractivity contribution in [3.8, 4) is 0 Å². The first-order chi connectivity index (χ1) is 10.2. The summed E-state index contributed by atoms with van der Waals surface area (Å²) in [6.45, 7) is 13.3. The fourth-order valence-corrected chi connectivity index (χ4v) is 2.00. The summed E-state index contributed by atoms with van der Waals surface area (Å²) in [6, 6.07) is 7.62. The van der Waals surface area contributed by atoms with Crippen LogP contribution in [0.25, 0.3) is 0 Å². The van der Waals surface area contributed by atoms with E-state index in [1.165, 1.54) is 6.92 Å². The molecular weight excluding hydrogens is 280 g/mol. The van der Waals surface area contributed by atoms with Crippen LogP contribution in [-0.2, 0) is 24.5 Å². The van der Waals surface area contributed by atoms with Crippen LogP contribution in [0, 0.1) is 0 Å². The second kappa shape index (κ2) is 7.25. The molecule has 4 heteroatoms. The van der Waals surface area contributed by atoms with Gasteiger partial charge in [-0.1, -0.05) is 51.6 Å². The van der Waals surface area contributed by atoms with E-state index in [4.69, 9.17) is 9.47 Å². The zero-order valence-corrected chi connectivity index (χ0v) is 13.9. The lowest BCUT2D eigenvalue weighted by Gasteiger charge is -2.22. The molecule has 22 heavy (non-hydrogen) atoms. The number of ether oxygens (including phenoxy) is 2. The average Bonchev–Trinajstić information content (AvgIpc) is 2.43. The number of benzene rings is 1. The first kappa shape index (κ1) is 18.0. The van der Waals surface area contributed by atoms with Crippen LogP contribution >= 0.6 is 0 Å². The van der Waals surface area contributed by atoms with Gasteiger partial charge in [-0.3, -0.25) is 4.79 Å². The molecule has 0 aromatic heterocycles. The molecule has 0 aliphatic carbocycles. The van der Waals surface area contributed by atoms with Crippen LogP contribution < -0.4 is 0 Å². The van der Waals surface area contributed by atoms with E-state index in [0.717, 1.165) is 5.56 Å². The number of hydrogen-bond donors (Lipinski definition) is 0. The number of carbonyl (C=O) groups is 2. The highest BCUT2D eigenvalue weighted by Crippen LogP contribution is 2.29. The summed E-state index contributed by atoms with van der Waals surface area (Å²) in [4.78, 5) is 23.2. The SMILES string of the molecule is C=C(C(=O)OCC)C(OC(C)=O)c1ccc(C(C)(C)C)cc1. The summed E-state index contributed by atoms with van der Waals surface area (Å²) in [7, 11) is 0. The van der Waals surface area contributed by atoms with Crippen LogP contribution in [0.5, 0.6) is 0 Å². The normalized spacial score (nSPS) is 12.4. The third-order valence-corrected chi connectivity index (χ3v) is 3.22. The van der Waals surface area contributed by atoms with Gasteiger partial charge in [0.25, 0.3) is 0 Å². The third-order valence-electron chi connectivity index (χ3n) is 3.22. The lowest BCUT2D eigenvalue weighted by Crippen LogP contribution is -2.19. The Labute approximate surface area is 132 Å². The first-order valence-electron chi connectivity index (χ1n) is 7.30. The molecule has 1 rings (SSSR count). The smallest absolute Gasteiger partial charge is 0.337 e. The Hall–Kier alpha value is -2.10. The summed E-state index contributed by atoms with van der Waals surface area (Å²) in [6.07, 6.45) is -0.828. The van der Waals surface area contributed by atoms with Gasteiger partial charge < -0.3 is 9.47 Å². The zero-order valence-electron chi connectivity index (χ0n) is 13.9. The zero-order chi connectivity index (χ0) is 16.9. The maximum Gasteiger partial charge on any atom is 0.337 e. The lowest BCUT2D eigenvalue weighted by atomic mass is 9.86. The second-order valence-electron chi connectivity index (χ2n) is 6.11. The second-order valence-corrected chi connectivity index (χ2v) is 6.11. The Balaban J connectivity index is 3.09. The van der Waals surface area contributed by atoms with E-state index in [0.29, 0.717) is 5.56 Å². The van der Waals surface area contributed by atoms with Crippen LogP contribution in [0.2, 0.25) is 0 Å². The monoisotopic (exact) mass is 304 g/mol. The maximum atomic E-state index is 11.9. The minimum absolute atomic E-state index is 0.0214. The molecule has 4 nitrogen and oxygen atoms in total. The van der Waals surface area contributed by atoms with Crippen molar-refractivity contribution in [2.75, 3.05) is 6.61 Å². The van der Waals surface area contributed by atoms with Crippen molar-refractivity contribution in [2.45, 2.75) is 46.1 Å². The molecule has 0 bridgehead atoms. The molecule has 1 aromatic carbocycles. The average molecular weight is 304 g/mol. The standard InChI is InChI=1S/C18H24O4/c1-7-21-17(20)12(2)16(22-13(3)19)14-8-10-15(11-9-14)18(4,5)6/h8-11,16H,2,7H2,1,3-6H3. The third kappa shape index (κ3) is 4.72. The molecule has 1 unspecified atom stereocenters.